The minimum absolute atomic E-state index is 0.104. The van der Waals surface area contributed by atoms with Crippen LogP contribution in [0.2, 0.25) is 0 Å². The highest BCUT2D eigenvalue weighted by Crippen LogP contribution is 2.13. The Bertz CT molecular complexity index is 769. The maximum absolute atomic E-state index is 12.1. The summed E-state index contributed by atoms with van der Waals surface area (Å²) in [6.45, 7) is 3.97. The summed E-state index contributed by atoms with van der Waals surface area (Å²) in [4.78, 5) is 24.1. The molecule has 0 aliphatic rings. The molecule has 0 saturated carbocycles. The Balaban J connectivity index is 3.78. The second-order valence-electron chi connectivity index (χ2n) is 11.8. The van der Waals surface area contributed by atoms with Crippen LogP contribution in [0.5, 0.6) is 0 Å². The number of unbranched alkanes of at least 4 members (excludes halogenated alkanes) is 15. The molecular formula is C38H66O6. The van der Waals surface area contributed by atoms with Gasteiger partial charge in [-0.15, -0.1) is 0 Å². The van der Waals surface area contributed by atoms with Crippen molar-refractivity contribution < 1.29 is 29.3 Å². The average Bonchev–Trinajstić information content (AvgIpc) is 3.02. The number of aliphatic hydroxyl groups is 2. The first-order chi connectivity index (χ1) is 21.5. The molecule has 6 nitrogen and oxygen atoms in total. The van der Waals surface area contributed by atoms with Gasteiger partial charge in [0.25, 0.3) is 0 Å². The first-order valence-electron chi connectivity index (χ1n) is 17.8. The van der Waals surface area contributed by atoms with Crippen LogP contribution in [0.25, 0.3) is 0 Å². The molecule has 2 atom stereocenters. The Hall–Kier alpha value is -2.18. The summed E-state index contributed by atoms with van der Waals surface area (Å²) >= 11 is 0. The SMILES string of the molecule is CCCCC/C=C\C[C@H](O)/C=C/C=C\C/C=C\CCCC(=O)O[C@@H](CO)COC(=O)CCCCCCCCCCCCCC. The largest absolute Gasteiger partial charge is 0.462 e. The van der Waals surface area contributed by atoms with E-state index in [0.29, 0.717) is 19.3 Å². The number of esters is 2. The van der Waals surface area contributed by atoms with Crippen molar-refractivity contribution in [1.29, 1.82) is 0 Å². The van der Waals surface area contributed by atoms with Crippen LogP contribution < -0.4 is 0 Å². The molecule has 0 unspecified atom stereocenters. The van der Waals surface area contributed by atoms with Crippen LogP contribution in [0.15, 0.2) is 48.6 Å². The molecule has 44 heavy (non-hydrogen) atoms. The Morgan fingerprint density at radius 3 is 1.86 bits per heavy atom. The van der Waals surface area contributed by atoms with E-state index in [9.17, 15) is 19.8 Å². The van der Waals surface area contributed by atoms with Gasteiger partial charge in [-0.3, -0.25) is 9.59 Å². The highest BCUT2D eigenvalue weighted by Gasteiger charge is 2.15. The minimum atomic E-state index is -0.817. The van der Waals surface area contributed by atoms with Gasteiger partial charge in [0.1, 0.15) is 6.61 Å². The highest BCUT2D eigenvalue weighted by molar-refractivity contribution is 5.70. The predicted molar refractivity (Wildman–Crippen MR) is 183 cm³/mol. The monoisotopic (exact) mass is 618 g/mol. The second kappa shape index (κ2) is 33.7. The van der Waals surface area contributed by atoms with Crippen LogP contribution in [-0.2, 0) is 19.1 Å². The number of rotatable bonds is 31. The van der Waals surface area contributed by atoms with Crippen molar-refractivity contribution in [2.24, 2.45) is 0 Å². The zero-order valence-electron chi connectivity index (χ0n) is 28.3. The van der Waals surface area contributed by atoms with Crippen molar-refractivity contribution in [3.8, 4) is 0 Å². The number of ether oxygens (including phenoxy) is 2. The summed E-state index contributed by atoms with van der Waals surface area (Å²) in [5.41, 5.74) is 0. The van der Waals surface area contributed by atoms with Crippen LogP contribution in [-0.4, -0.2) is 47.6 Å². The van der Waals surface area contributed by atoms with Crippen molar-refractivity contribution in [2.45, 2.75) is 167 Å². The maximum Gasteiger partial charge on any atom is 0.306 e. The van der Waals surface area contributed by atoms with Gasteiger partial charge in [0.05, 0.1) is 12.7 Å². The van der Waals surface area contributed by atoms with Gasteiger partial charge < -0.3 is 19.7 Å². The zero-order chi connectivity index (χ0) is 32.4. The van der Waals surface area contributed by atoms with Gasteiger partial charge in [-0.05, 0) is 44.9 Å². The molecule has 0 rings (SSSR count). The molecule has 0 aliphatic heterocycles. The van der Waals surface area contributed by atoms with Gasteiger partial charge in [0.2, 0.25) is 0 Å². The van der Waals surface area contributed by atoms with E-state index < -0.39 is 18.2 Å². The maximum atomic E-state index is 12.1. The lowest BCUT2D eigenvalue weighted by Gasteiger charge is -2.15. The number of aliphatic hydroxyl groups excluding tert-OH is 2. The van der Waals surface area contributed by atoms with E-state index in [1.54, 1.807) is 6.08 Å². The van der Waals surface area contributed by atoms with Gasteiger partial charge >= 0.3 is 11.9 Å². The fraction of sp³-hybridized carbons (Fsp3) is 0.737. The summed E-state index contributed by atoms with van der Waals surface area (Å²) < 4.78 is 10.5. The molecule has 0 saturated heterocycles. The minimum Gasteiger partial charge on any atom is -0.462 e. The van der Waals surface area contributed by atoms with Crippen molar-refractivity contribution in [3.63, 3.8) is 0 Å². The lowest BCUT2D eigenvalue weighted by atomic mass is 10.0. The van der Waals surface area contributed by atoms with Gasteiger partial charge in [0.15, 0.2) is 6.10 Å². The van der Waals surface area contributed by atoms with E-state index in [1.165, 1.54) is 77.0 Å². The summed E-state index contributed by atoms with van der Waals surface area (Å²) in [5, 5.41) is 19.5. The van der Waals surface area contributed by atoms with Crippen LogP contribution in [0.4, 0.5) is 0 Å². The van der Waals surface area contributed by atoms with Crippen molar-refractivity contribution in [3.05, 3.63) is 48.6 Å². The van der Waals surface area contributed by atoms with E-state index in [1.807, 2.05) is 36.5 Å². The third kappa shape index (κ3) is 31.3. The number of carbonyl (C=O) groups excluding carboxylic acids is 2. The first-order valence-corrected chi connectivity index (χ1v) is 17.8. The third-order valence-electron chi connectivity index (χ3n) is 7.46. The molecule has 6 heteroatoms. The molecule has 0 amide bonds. The Labute approximate surface area is 270 Å². The molecule has 0 aromatic heterocycles. The van der Waals surface area contributed by atoms with Crippen molar-refractivity contribution >= 4 is 11.9 Å². The van der Waals surface area contributed by atoms with Crippen LogP contribution in [0.1, 0.15) is 155 Å². The number of allylic oxidation sites excluding steroid dienone is 6. The van der Waals surface area contributed by atoms with Crippen LogP contribution in [0.3, 0.4) is 0 Å². The highest BCUT2D eigenvalue weighted by atomic mass is 16.6. The molecule has 0 heterocycles. The van der Waals surface area contributed by atoms with Crippen LogP contribution in [0, 0.1) is 0 Å². The molecule has 0 spiro atoms. The fourth-order valence-corrected chi connectivity index (χ4v) is 4.69. The summed E-state index contributed by atoms with van der Waals surface area (Å²) in [6, 6.07) is 0. The Morgan fingerprint density at radius 1 is 0.636 bits per heavy atom. The van der Waals surface area contributed by atoms with Crippen molar-refractivity contribution in [2.75, 3.05) is 13.2 Å². The molecule has 254 valence electrons. The number of carbonyl (C=O) groups is 2. The standard InChI is InChI=1S/C38H66O6/c1-3-5-7-9-11-12-13-14-15-19-23-27-31-37(41)43-34-36(33-39)44-38(42)32-28-24-20-17-16-18-22-26-30-35(40)29-25-21-10-8-6-4-2/h17-18,20-22,25-26,30,35-36,39-40H,3-16,19,23-24,27-29,31-34H2,1-2H3/b20-17-,22-18-,25-21-,30-26+/t35-,36-/m0/s1. The first kappa shape index (κ1) is 41.8. The number of hydrogen-bond donors (Lipinski definition) is 2. The van der Waals surface area contributed by atoms with Gasteiger partial charge in [-0.2, -0.15) is 0 Å². The van der Waals surface area contributed by atoms with E-state index in [2.05, 4.69) is 19.9 Å². The smallest absolute Gasteiger partial charge is 0.306 e. The summed E-state index contributed by atoms with van der Waals surface area (Å²) in [6.07, 6.45) is 37.7. The molecule has 0 aliphatic carbocycles. The Kier molecular flexibility index (Phi) is 32.0. The molecule has 2 N–H and O–H groups in total. The van der Waals surface area contributed by atoms with E-state index in [-0.39, 0.29) is 25.6 Å². The van der Waals surface area contributed by atoms with E-state index >= 15 is 0 Å². The molecular weight excluding hydrogens is 552 g/mol. The lowest BCUT2D eigenvalue weighted by molar-refractivity contribution is -0.161. The number of hydrogen-bond acceptors (Lipinski definition) is 6. The van der Waals surface area contributed by atoms with Gasteiger partial charge in [-0.1, -0.05) is 146 Å². The summed E-state index contributed by atoms with van der Waals surface area (Å²) in [7, 11) is 0. The Morgan fingerprint density at radius 2 is 1.20 bits per heavy atom. The lowest BCUT2D eigenvalue weighted by Crippen LogP contribution is -2.28. The molecule has 0 bridgehead atoms. The fourth-order valence-electron chi connectivity index (χ4n) is 4.69. The van der Waals surface area contributed by atoms with Crippen LogP contribution >= 0.6 is 0 Å². The molecule has 0 aromatic rings. The van der Waals surface area contributed by atoms with E-state index in [0.717, 1.165) is 38.5 Å². The zero-order valence-corrected chi connectivity index (χ0v) is 28.3. The normalized spacial score (nSPS) is 13.5. The molecule has 0 fully saturated rings. The second-order valence-corrected chi connectivity index (χ2v) is 11.8. The topological polar surface area (TPSA) is 93.1 Å². The van der Waals surface area contributed by atoms with E-state index in [4.69, 9.17) is 9.47 Å². The summed E-state index contributed by atoms with van der Waals surface area (Å²) in [5.74, 6) is -0.698. The average molecular weight is 619 g/mol. The molecule has 0 aromatic carbocycles. The quantitative estimate of drug-likeness (QED) is 0.0348. The van der Waals surface area contributed by atoms with Crippen molar-refractivity contribution in [1.82, 2.24) is 0 Å². The van der Waals surface area contributed by atoms with Gasteiger partial charge in [0, 0.05) is 12.8 Å². The van der Waals surface area contributed by atoms with Gasteiger partial charge in [-0.25, -0.2) is 0 Å². The molecule has 0 radical (unpaired) electrons. The third-order valence-corrected chi connectivity index (χ3v) is 7.46. The predicted octanol–water partition coefficient (Wildman–Crippen LogP) is 9.64.